The average molecular weight is 416 g/mol. The number of carbonyl (C=O) groups excluding carboxylic acids is 1. The van der Waals surface area contributed by atoms with Gasteiger partial charge in [0.2, 0.25) is 17.5 Å². The fourth-order valence-corrected chi connectivity index (χ4v) is 2.89. The standard InChI is InChI=1S/C21H12F4N2O3/c1-29-19-17(24)15(22)14(16(23)18(19)25)20(28)26-11-7-8-13-12(9-11)27-21(30-13)10-5-3-2-4-6-10/h2-9H,1H3,(H,26,28). The molecule has 0 saturated heterocycles. The van der Waals surface area contributed by atoms with Crippen LogP contribution >= 0.6 is 0 Å². The van der Waals surface area contributed by atoms with Crippen molar-refractivity contribution in [3.63, 3.8) is 0 Å². The zero-order valence-electron chi connectivity index (χ0n) is 15.3. The molecule has 30 heavy (non-hydrogen) atoms. The lowest BCUT2D eigenvalue weighted by atomic mass is 10.1. The molecule has 5 nitrogen and oxygen atoms in total. The fourth-order valence-electron chi connectivity index (χ4n) is 2.89. The number of methoxy groups -OCH3 is 1. The first-order chi connectivity index (χ1) is 14.4. The molecule has 9 heteroatoms. The van der Waals surface area contributed by atoms with Gasteiger partial charge in [-0.15, -0.1) is 0 Å². The van der Waals surface area contributed by atoms with Gasteiger partial charge in [-0.2, -0.15) is 8.78 Å². The molecule has 0 radical (unpaired) electrons. The van der Waals surface area contributed by atoms with E-state index in [1.165, 1.54) is 18.2 Å². The molecule has 0 atom stereocenters. The second-order valence-corrected chi connectivity index (χ2v) is 6.19. The zero-order valence-corrected chi connectivity index (χ0v) is 15.3. The summed E-state index contributed by atoms with van der Waals surface area (Å²) in [6.45, 7) is 0. The Hall–Kier alpha value is -3.88. The molecule has 0 unspecified atom stereocenters. The molecule has 152 valence electrons. The molecule has 0 fully saturated rings. The molecule has 0 spiro atoms. The summed E-state index contributed by atoms with van der Waals surface area (Å²) in [5.41, 5.74) is 0.185. The van der Waals surface area contributed by atoms with E-state index in [1.807, 2.05) is 18.2 Å². The molecule has 1 aromatic heterocycles. The van der Waals surface area contributed by atoms with Crippen LogP contribution in [0.25, 0.3) is 22.6 Å². The number of nitrogens with one attached hydrogen (secondary N) is 1. The molecular formula is C21H12F4N2O3. The summed E-state index contributed by atoms with van der Waals surface area (Å²) in [4.78, 5) is 16.6. The second kappa shape index (κ2) is 7.51. The van der Waals surface area contributed by atoms with E-state index < -0.39 is 40.5 Å². The lowest BCUT2D eigenvalue weighted by Gasteiger charge is -2.11. The molecule has 4 aromatic rings. The second-order valence-electron chi connectivity index (χ2n) is 6.19. The topological polar surface area (TPSA) is 64.4 Å². The number of hydrogen-bond acceptors (Lipinski definition) is 4. The first kappa shape index (κ1) is 19.4. The van der Waals surface area contributed by atoms with Crippen molar-refractivity contribution in [2.75, 3.05) is 12.4 Å². The molecule has 1 heterocycles. The Kier molecular flexibility index (Phi) is 4.86. The van der Waals surface area contributed by atoms with Gasteiger partial charge < -0.3 is 14.5 Å². The Bertz CT molecular complexity index is 1240. The number of hydrogen-bond donors (Lipinski definition) is 1. The average Bonchev–Trinajstić information content (AvgIpc) is 3.17. The molecular weight excluding hydrogens is 404 g/mol. The highest BCUT2D eigenvalue weighted by Gasteiger charge is 2.30. The molecule has 0 aliphatic rings. The van der Waals surface area contributed by atoms with Crippen LogP contribution in [0.5, 0.6) is 5.75 Å². The van der Waals surface area contributed by atoms with Gasteiger partial charge in [-0.1, -0.05) is 18.2 Å². The monoisotopic (exact) mass is 416 g/mol. The van der Waals surface area contributed by atoms with E-state index in [4.69, 9.17) is 4.42 Å². The van der Waals surface area contributed by atoms with Gasteiger partial charge in [0.1, 0.15) is 11.1 Å². The van der Waals surface area contributed by atoms with Crippen LogP contribution in [-0.2, 0) is 0 Å². The Morgan fingerprint density at radius 2 is 1.63 bits per heavy atom. The Morgan fingerprint density at radius 1 is 0.967 bits per heavy atom. The van der Waals surface area contributed by atoms with Gasteiger partial charge >= 0.3 is 0 Å². The smallest absolute Gasteiger partial charge is 0.261 e. The number of nitrogens with zero attached hydrogens (tertiary/aromatic N) is 1. The number of benzene rings is 3. The molecule has 1 N–H and O–H groups in total. The third-order valence-electron chi connectivity index (χ3n) is 4.32. The number of rotatable bonds is 4. The lowest BCUT2D eigenvalue weighted by Crippen LogP contribution is -2.18. The zero-order chi connectivity index (χ0) is 21.4. The van der Waals surface area contributed by atoms with Crippen LogP contribution in [0.2, 0.25) is 0 Å². The number of aromatic nitrogens is 1. The molecule has 0 aliphatic heterocycles. The van der Waals surface area contributed by atoms with Crippen molar-refractivity contribution in [1.29, 1.82) is 0 Å². The number of ether oxygens (including phenoxy) is 1. The van der Waals surface area contributed by atoms with Crippen molar-refractivity contribution >= 4 is 22.7 Å². The summed E-state index contributed by atoms with van der Waals surface area (Å²) in [6, 6.07) is 13.3. The van der Waals surface area contributed by atoms with Gasteiger partial charge in [0.25, 0.3) is 5.91 Å². The van der Waals surface area contributed by atoms with Crippen molar-refractivity contribution in [2.45, 2.75) is 0 Å². The van der Waals surface area contributed by atoms with Crippen molar-refractivity contribution < 1.29 is 31.5 Å². The maximum atomic E-state index is 14.1. The van der Waals surface area contributed by atoms with Crippen molar-refractivity contribution in [2.24, 2.45) is 0 Å². The van der Waals surface area contributed by atoms with Crippen molar-refractivity contribution in [3.8, 4) is 17.2 Å². The molecule has 3 aromatic carbocycles. The normalized spacial score (nSPS) is 11.0. The largest absolute Gasteiger partial charge is 0.491 e. The van der Waals surface area contributed by atoms with Gasteiger partial charge in [0.05, 0.1) is 7.11 Å². The van der Waals surface area contributed by atoms with Crippen LogP contribution in [0.3, 0.4) is 0 Å². The van der Waals surface area contributed by atoms with Crippen LogP contribution < -0.4 is 10.1 Å². The quantitative estimate of drug-likeness (QED) is 0.362. The van der Waals surface area contributed by atoms with Gasteiger partial charge in [-0.25, -0.2) is 13.8 Å². The SMILES string of the molecule is COc1c(F)c(F)c(C(=O)Nc2ccc3oc(-c4ccccc4)nc3c2)c(F)c1F. The minimum Gasteiger partial charge on any atom is -0.491 e. The number of anilines is 1. The van der Waals surface area contributed by atoms with E-state index >= 15 is 0 Å². The predicted molar refractivity (Wildman–Crippen MR) is 100 cm³/mol. The van der Waals surface area contributed by atoms with Gasteiger partial charge in [-0.3, -0.25) is 4.79 Å². The Balaban J connectivity index is 1.67. The number of amides is 1. The number of carbonyl (C=O) groups is 1. The summed E-state index contributed by atoms with van der Waals surface area (Å²) < 4.78 is 65.9. The summed E-state index contributed by atoms with van der Waals surface area (Å²) in [5, 5.41) is 2.20. The summed E-state index contributed by atoms with van der Waals surface area (Å²) >= 11 is 0. The summed E-state index contributed by atoms with van der Waals surface area (Å²) in [7, 11) is 0.844. The van der Waals surface area contributed by atoms with Gasteiger partial charge in [0.15, 0.2) is 23.0 Å². The molecule has 0 aliphatic carbocycles. The third-order valence-corrected chi connectivity index (χ3v) is 4.32. The summed E-state index contributed by atoms with van der Waals surface area (Å²) in [6.07, 6.45) is 0. The maximum Gasteiger partial charge on any atom is 0.261 e. The number of fused-ring (bicyclic) bond motifs is 1. The molecule has 4 rings (SSSR count). The van der Waals surface area contributed by atoms with E-state index in [1.54, 1.807) is 12.1 Å². The fraction of sp³-hybridized carbons (Fsp3) is 0.0476. The molecule has 0 saturated carbocycles. The van der Waals surface area contributed by atoms with Gasteiger partial charge in [0, 0.05) is 11.3 Å². The minimum absolute atomic E-state index is 0.0934. The van der Waals surface area contributed by atoms with E-state index in [0.717, 1.165) is 12.7 Å². The Morgan fingerprint density at radius 3 is 2.27 bits per heavy atom. The first-order valence-corrected chi connectivity index (χ1v) is 8.58. The van der Waals surface area contributed by atoms with Crippen LogP contribution in [0.1, 0.15) is 10.4 Å². The number of oxazole rings is 1. The van der Waals surface area contributed by atoms with Crippen LogP contribution in [0, 0.1) is 23.3 Å². The highest BCUT2D eigenvalue weighted by Crippen LogP contribution is 2.31. The number of halogens is 4. The lowest BCUT2D eigenvalue weighted by molar-refractivity contribution is 0.101. The maximum absolute atomic E-state index is 14.1. The van der Waals surface area contributed by atoms with E-state index in [0.29, 0.717) is 17.0 Å². The van der Waals surface area contributed by atoms with Crippen molar-refractivity contribution in [1.82, 2.24) is 4.98 Å². The van der Waals surface area contributed by atoms with Crippen LogP contribution in [-0.4, -0.2) is 18.0 Å². The highest BCUT2D eigenvalue weighted by atomic mass is 19.2. The first-order valence-electron chi connectivity index (χ1n) is 8.58. The van der Waals surface area contributed by atoms with E-state index in [9.17, 15) is 22.4 Å². The van der Waals surface area contributed by atoms with Crippen LogP contribution in [0.15, 0.2) is 52.9 Å². The molecule has 0 bridgehead atoms. The van der Waals surface area contributed by atoms with E-state index in [-0.39, 0.29) is 5.69 Å². The highest BCUT2D eigenvalue weighted by molar-refractivity contribution is 6.05. The summed E-state index contributed by atoms with van der Waals surface area (Å²) in [5.74, 6) is -9.63. The minimum atomic E-state index is -1.86. The van der Waals surface area contributed by atoms with E-state index in [2.05, 4.69) is 15.0 Å². The molecule has 1 amide bonds. The van der Waals surface area contributed by atoms with Crippen molar-refractivity contribution in [3.05, 3.63) is 77.4 Å². The van der Waals surface area contributed by atoms with Gasteiger partial charge in [-0.05, 0) is 30.3 Å². The Labute approximate surface area is 166 Å². The predicted octanol–water partition coefficient (Wildman–Crippen LogP) is 5.31. The third kappa shape index (κ3) is 3.24. The van der Waals surface area contributed by atoms with Crippen LogP contribution in [0.4, 0.5) is 23.2 Å².